The van der Waals surface area contributed by atoms with Gasteiger partial charge in [0.05, 0.1) is 12.7 Å². The van der Waals surface area contributed by atoms with E-state index >= 15 is 0 Å². The summed E-state index contributed by atoms with van der Waals surface area (Å²) in [7, 11) is 1.15. The number of aromatic hydroxyl groups is 1. The van der Waals surface area contributed by atoms with Crippen LogP contribution in [-0.4, -0.2) is 23.2 Å². The number of aromatic nitrogens is 1. The molecule has 0 atom stereocenters. The Kier molecular flexibility index (Phi) is 3.29. The number of aryl methyl sites for hydroxylation is 1. The van der Waals surface area contributed by atoms with Crippen LogP contribution in [0.15, 0.2) is 18.3 Å². The summed E-state index contributed by atoms with van der Waals surface area (Å²) in [6.07, 6.45) is 1.66. The zero-order valence-electron chi connectivity index (χ0n) is 9.73. The van der Waals surface area contributed by atoms with Crippen molar-refractivity contribution in [1.29, 1.82) is 0 Å². The molecule has 18 heavy (non-hydrogen) atoms. The molecule has 0 radical (unpaired) electrons. The summed E-state index contributed by atoms with van der Waals surface area (Å²) in [4.78, 5) is 16.5. The number of halogens is 1. The maximum absolute atomic E-state index is 13.6. The van der Waals surface area contributed by atoms with Crippen LogP contribution in [0.3, 0.4) is 0 Å². The molecule has 6 heteroatoms. The molecule has 1 aromatic heterocycles. The summed E-state index contributed by atoms with van der Waals surface area (Å²) < 4.78 is 18.0. The van der Waals surface area contributed by atoms with Gasteiger partial charge in [0.2, 0.25) is 0 Å². The third-order valence-corrected chi connectivity index (χ3v) is 3.29. The summed E-state index contributed by atoms with van der Waals surface area (Å²) in [6.45, 7) is 1.88. The van der Waals surface area contributed by atoms with Gasteiger partial charge in [-0.3, -0.25) is 0 Å². The van der Waals surface area contributed by atoms with Crippen LogP contribution >= 0.6 is 11.3 Å². The van der Waals surface area contributed by atoms with Gasteiger partial charge in [0.15, 0.2) is 11.6 Å². The standard InChI is InChI=1S/C12H10FNO3S/c1-6-5-14-11(18-6)7-3-8(12(16)17-2)10(13)9(15)4-7/h3-5,15H,1-2H3. The molecular formula is C12H10FNO3S. The first-order chi connectivity index (χ1) is 8.52. The van der Waals surface area contributed by atoms with Gasteiger partial charge in [0.25, 0.3) is 0 Å². The van der Waals surface area contributed by atoms with Gasteiger partial charge in [0.1, 0.15) is 5.01 Å². The Bertz CT molecular complexity index is 609. The van der Waals surface area contributed by atoms with Crippen LogP contribution in [0.4, 0.5) is 4.39 Å². The fourth-order valence-electron chi connectivity index (χ4n) is 1.48. The SMILES string of the molecule is COC(=O)c1cc(-c2ncc(C)s2)cc(O)c1F. The second kappa shape index (κ2) is 4.73. The van der Waals surface area contributed by atoms with E-state index in [1.165, 1.54) is 23.5 Å². The normalized spacial score (nSPS) is 10.4. The Hall–Kier alpha value is -1.95. The Morgan fingerprint density at radius 1 is 1.50 bits per heavy atom. The van der Waals surface area contributed by atoms with Crippen molar-refractivity contribution in [2.75, 3.05) is 7.11 Å². The topological polar surface area (TPSA) is 59.4 Å². The van der Waals surface area contributed by atoms with E-state index < -0.39 is 17.5 Å². The maximum atomic E-state index is 13.6. The van der Waals surface area contributed by atoms with Crippen LogP contribution in [-0.2, 0) is 4.74 Å². The lowest BCUT2D eigenvalue weighted by Crippen LogP contribution is -2.04. The molecule has 0 aliphatic carbocycles. The highest BCUT2D eigenvalue weighted by molar-refractivity contribution is 7.14. The van der Waals surface area contributed by atoms with Crippen molar-refractivity contribution in [1.82, 2.24) is 4.98 Å². The zero-order chi connectivity index (χ0) is 13.3. The lowest BCUT2D eigenvalue weighted by Gasteiger charge is -2.05. The second-order valence-electron chi connectivity index (χ2n) is 3.62. The first kappa shape index (κ1) is 12.5. The average molecular weight is 267 g/mol. The number of thiazole rings is 1. The Balaban J connectivity index is 2.57. The number of hydrogen-bond donors (Lipinski definition) is 1. The van der Waals surface area contributed by atoms with Crippen molar-refractivity contribution in [3.8, 4) is 16.3 Å². The van der Waals surface area contributed by atoms with Gasteiger partial charge < -0.3 is 9.84 Å². The van der Waals surface area contributed by atoms with Gasteiger partial charge in [-0.1, -0.05) is 0 Å². The highest BCUT2D eigenvalue weighted by atomic mass is 32.1. The minimum absolute atomic E-state index is 0.305. The lowest BCUT2D eigenvalue weighted by atomic mass is 10.1. The third-order valence-electron chi connectivity index (χ3n) is 2.33. The molecule has 94 valence electrons. The minimum atomic E-state index is -0.987. The number of ether oxygens (including phenoxy) is 1. The quantitative estimate of drug-likeness (QED) is 0.850. The number of nitrogens with zero attached hydrogens (tertiary/aromatic N) is 1. The Morgan fingerprint density at radius 3 is 2.78 bits per heavy atom. The predicted molar refractivity (Wildman–Crippen MR) is 65.2 cm³/mol. The van der Waals surface area contributed by atoms with Crippen molar-refractivity contribution in [2.24, 2.45) is 0 Å². The summed E-state index contributed by atoms with van der Waals surface area (Å²) in [5, 5.41) is 10.1. The van der Waals surface area contributed by atoms with E-state index in [9.17, 15) is 14.3 Å². The van der Waals surface area contributed by atoms with E-state index in [0.29, 0.717) is 10.6 Å². The second-order valence-corrected chi connectivity index (χ2v) is 4.86. The molecule has 2 rings (SSSR count). The predicted octanol–water partition coefficient (Wildman–Crippen LogP) is 2.75. The smallest absolute Gasteiger partial charge is 0.341 e. The van der Waals surface area contributed by atoms with Crippen LogP contribution in [0.2, 0.25) is 0 Å². The first-order valence-corrected chi connectivity index (χ1v) is 5.88. The largest absolute Gasteiger partial charge is 0.505 e. The number of esters is 1. The number of hydrogen-bond acceptors (Lipinski definition) is 5. The number of carbonyl (C=O) groups excluding carboxylic acids is 1. The Morgan fingerprint density at radius 2 is 2.22 bits per heavy atom. The van der Waals surface area contributed by atoms with Crippen molar-refractivity contribution >= 4 is 17.3 Å². The van der Waals surface area contributed by atoms with Crippen LogP contribution in [0.5, 0.6) is 5.75 Å². The van der Waals surface area contributed by atoms with Crippen LogP contribution in [0.25, 0.3) is 10.6 Å². The summed E-state index contributed by atoms with van der Waals surface area (Å²) >= 11 is 1.39. The first-order valence-electron chi connectivity index (χ1n) is 5.06. The molecule has 0 saturated heterocycles. The molecule has 2 aromatic rings. The van der Waals surface area contributed by atoms with Crippen molar-refractivity contribution in [3.63, 3.8) is 0 Å². The summed E-state index contributed by atoms with van der Waals surface area (Å²) in [5.41, 5.74) is 0.174. The van der Waals surface area contributed by atoms with Crippen molar-refractivity contribution < 1.29 is 19.0 Å². The molecule has 0 aliphatic rings. The third kappa shape index (κ3) is 2.19. The number of carbonyl (C=O) groups is 1. The molecule has 0 aliphatic heterocycles. The fraction of sp³-hybridized carbons (Fsp3) is 0.167. The van der Waals surface area contributed by atoms with Gasteiger partial charge in [-0.05, 0) is 19.1 Å². The monoisotopic (exact) mass is 267 g/mol. The van der Waals surface area contributed by atoms with Gasteiger partial charge >= 0.3 is 5.97 Å². The average Bonchev–Trinajstić information content (AvgIpc) is 2.78. The van der Waals surface area contributed by atoms with E-state index in [4.69, 9.17) is 0 Å². The number of phenols is 1. The molecule has 0 saturated carbocycles. The van der Waals surface area contributed by atoms with Crippen LogP contribution < -0.4 is 0 Å². The fourth-order valence-corrected chi connectivity index (χ4v) is 2.23. The molecule has 0 bridgehead atoms. The molecule has 0 fully saturated rings. The molecule has 1 aromatic carbocycles. The molecule has 0 unspecified atom stereocenters. The van der Waals surface area contributed by atoms with E-state index in [-0.39, 0.29) is 5.56 Å². The number of rotatable bonds is 2. The summed E-state index contributed by atoms with van der Waals surface area (Å²) in [6, 6.07) is 2.55. The van der Waals surface area contributed by atoms with Crippen molar-refractivity contribution in [3.05, 3.63) is 34.6 Å². The molecule has 4 nitrogen and oxygen atoms in total. The Labute approximate surface area is 107 Å². The highest BCUT2D eigenvalue weighted by Crippen LogP contribution is 2.31. The highest BCUT2D eigenvalue weighted by Gasteiger charge is 2.18. The van der Waals surface area contributed by atoms with Gasteiger partial charge in [-0.2, -0.15) is 0 Å². The van der Waals surface area contributed by atoms with Crippen LogP contribution in [0, 0.1) is 12.7 Å². The van der Waals surface area contributed by atoms with Gasteiger partial charge in [-0.15, -0.1) is 11.3 Å². The van der Waals surface area contributed by atoms with E-state index in [2.05, 4.69) is 9.72 Å². The molecule has 0 spiro atoms. The van der Waals surface area contributed by atoms with E-state index in [1.807, 2.05) is 6.92 Å². The molecule has 0 amide bonds. The summed E-state index contributed by atoms with van der Waals surface area (Å²) in [5.74, 6) is -2.42. The van der Waals surface area contributed by atoms with Gasteiger partial charge in [-0.25, -0.2) is 14.2 Å². The van der Waals surface area contributed by atoms with Gasteiger partial charge in [0, 0.05) is 16.6 Å². The van der Waals surface area contributed by atoms with E-state index in [1.54, 1.807) is 6.20 Å². The lowest BCUT2D eigenvalue weighted by molar-refractivity contribution is 0.0594. The zero-order valence-corrected chi connectivity index (χ0v) is 10.5. The number of phenolic OH excluding ortho intramolecular Hbond substituents is 1. The number of benzene rings is 1. The molecule has 1 heterocycles. The number of methoxy groups -OCH3 is 1. The van der Waals surface area contributed by atoms with Crippen LogP contribution in [0.1, 0.15) is 15.2 Å². The molecular weight excluding hydrogens is 257 g/mol. The molecule has 1 N–H and O–H groups in total. The maximum Gasteiger partial charge on any atom is 0.341 e. The van der Waals surface area contributed by atoms with Crippen molar-refractivity contribution in [2.45, 2.75) is 6.92 Å². The van der Waals surface area contributed by atoms with E-state index in [0.717, 1.165) is 12.0 Å². The minimum Gasteiger partial charge on any atom is -0.505 e.